The largest absolute Gasteiger partial charge is 0.357 e. The van der Waals surface area contributed by atoms with E-state index < -0.39 is 0 Å². The van der Waals surface area contributed by atoms with Crippen LogP contribution >= 0.6 is 23.1 Å². The summed E-state index contributed by atoms with van der Waals surface area (Å²) in [6.45, 7) is 2.14. The van der Waals surface area contributed by atoms with Crippen LogP contribution in [0.4, 0.5) is 5.95 Å². The first-order chi connectivity index (χ1) is 9.80. The molecule has 0 unspecified atom stereocenters. The number of fused-ring (bicyclic) bond motifs is 1. The third kappa shape index (κ3) is 2.59. The Hall–Kier alpha value is -1.73. The fourth-order valence-electron chi connectivity index (χ4n) is 1.73. The van der Waals surface area contributed by atoms with Crippen molar-refractivity contribution in [1.29, 1.82) is 0 Å². The minimum Gasteiger partial charge on any atom is -0.357 e. The van der Waals surface area contributed by atoms with E-state index in [4.69, 9.17) is 0 Å². The van der Waals surface area contributed by atoms with Gasteiger partial charge in [-0.25, -0.2) is 19.9 Å². The quantitative estimate of drug-likeness (QED) is 0.589. The van der Waals surface area contributed by atoms with Gasteiger partial charge in [-0.1, -0.05) is 6.92 Å². The Morgan fingerprint density at radius 3 is 2.75 bits per heavy atom. The molecule has 0 aliphatic heterocycles. The van der Waals surface area contributed by atoms with E-state index in [0.717, 1.165) is 21.7 Å². The van der Waals surface area contributed by atoms with Crippen molar-refractivity contribution in [3.05, 3.63) is 29.4 Å². The molecular formula is C13H13N5S2. The molecule has 0 spiro atoms. The highest BCUT2D eigenvalue weighted by atomic mass is 32.2. The van der Waals surface area contributed by atoms with E-state index in [1.54, 1.807) is 29.8 Å². The molecular weight excluding hydrogens is 290 g/mol. The maximum Gasteiger partial charge on any atom is 0.224 e. The van der Waals surface area contributed by atoms with Crippen LogP contribution < -0.4 is 5.32 Å². The minimum atomic E-state index is 0.625. The normalized spacial score (nSPS) is 10.9. The second-order valence-corrected chi connectivity index (χ2v) is 6.09. The summed E-state index contributed by atoms with van der Waals surface area (Å²) in [6, 6.07) is 3.96. The van der Waals surface area contributed by atoms with Gasteiger partial charge in [-0.15, -0.1) is 11.3 Å². The van der Waals surface area contributed by atoms with Crippen molar-refractivity contribution in [2.24, 2.45) is 0 Å². The Bertz CT molecular complexity index is 726. The number of aryl methyl sites for hydroxylation is 1. The summed E-state index contributed by atoms with van der Waals surface area (Å²) in [6.07, 6.45) is 4.47. The van der Waals surface area contributed by atoms with Gasteiger partial charge in [0.05, 0.1) is 0 Å². The maximum absolute atomic E-state index is 4.53. The van der Waals surface area contributed by atoms with Gasteiger partial charge in [0.1, 0.15) is 9.86 Å². The average molecular weight is 303 g/mol. The fourth-order valence-corrected chi connectivity index (χ4v) is 3.56. The number of hydrogen-bond donors (Lipinski definition) is 1. The monoisotopic (exact) mass is 303 g/mol. The van der Waals surface area contributed by atoms with Crippen LogP contribution in [0.3, 0.4) is 0 Å². The lowest BCUT2D eigenvalue weighted by atomic mass is 10.3. The van der Waals surface area contributed by atoms with Gasteiger partial charge >= 0.3 is 0 Å². The molecule has 20 heavy (non-hydrogen) atoms. The molecule has 0 bridgehead atoms. The van der Waals surface area contributed by atoms with E-state index >= 15 is 0 Å². The van der Waals surface area contributed by atoms with Crippen LogP contribution in [-0.4, -0.2) is 27.0 Å². The number of nitrogens with zero attached hydrogens (tertiary/aromatic N) is 4. The van der Waals surface area contributed by atoms with Crippen molar-refractivity contribution in [2.45, 2.75) is 23.5 Å². The number of nitrogens with one attached hydrogen (secondary N) is 1. The summed E-state index contributed by atoms with van der Waals surface area (Å²) < 4.78 is 0. The Kier molecular flexibility index (Phi) is 3.79. The van der Waals surface area contributed by atoms with Crippen molar-refractivity contribution < 1.29 is 0 Å². The van der Waals surface area contributed by atoms with Gasteiger partial charge in [0, 0.05) is 29.7 Å². The first-order valence-corrected chi connectivity index (χ1v) is 7.86. The van der Waals surface area contributed by atoms with E-state index in [2.05, 4.69) is 38.2 Å². The van der Waals surface area contributed by atoms with Gasteiger partial charge in [-0.3, -0.25) is 0 Å². The van der Waals surface area contributed by atoms with E-state index in [1.165, 1.54) is 16.6 Å². The lowest BCUT2D eigenvalue weighted by Crippen LogP contribution is -1.97. The minimum absolute atomic E-state index is 0.625. The number of thiophene rings is 1. The van der Waals surface area contributed by atoms with Gasteiger partial charge in [0.15, 0.2) is 5.16 Å². The Balaban J connectivity index is 2.09. The summed E-state index contributed by atoms with van der Waals surface area (Å²) in [5.74, 6) is 0.625. The Labute approximate surface area is 124 Å². The van der Waals surface area contributed by atoms with Crippen LogP contribution in [0.1, 0.15) is 11.8 Å². The summed E-state index contributed by atoms with van der Waals surface area (Å²) in [4.78, 5) is 19.8. The smallest absolute Gasteiger partial charge is 0.224 e. The summed E-state index contributed by atoms with van der Waals surface area (Å²) in [5, 5.41) is 5.66. The molecule has 0 aliphatic rings. The molecule has 0 aliphatic carbocycles. The lowest BCUT2D eigenvalue weighted by Gasteiger charge is -2.03. The van der Waals surface area contributed by atoms with Gasteiger partial charge in [-0.05, 0) is 30.3 Å². The fraction of sp³-hybridized carbons (Fsp3) is 0.231. The second kappa shape index (κ2) is 5.72. The van der Waals surface area contributed by atoms with Crippen LogP contribution in [0.5, 0.6) is 0 Å². The molecule has 3 heterocycles. The molecule has 7 heteroatoms. The maximum atomic E-state index is 4.53. The molecule has 0 saturated heterocycles. The highest BCUT2D eigenvalue weighted by Gasteiger charge is 2.13. The van der Waals surface area contributed by atoms with E-state index in [9.17, 15) is 0 Å². The first kappa shape index (κ1) is 13.3. The molecule has 0 saturated carbocycles. The van der Waals surface area contributed by atoms with Crippen molar-refractivity contribution >= 4 is 39.3 Å². The van der Waals surface area contributed by atoms with Crippen molar-refractivity contribution in [1.82, 2.24) is 19.9 Å². The number of rotatable bonds is 4. The zero-order valence-electron chi connectivity index (χ0n) is 11.1. The third-order valence-electron chi connectivity index (χ3n) is 2.71. The molecule has 0 amide bonds. The number of anilines is 1. The van der Waals surface area contributed by atoms with Crippen molar-refractivity contribution in [2.75, 3.05) is 12.4 Å². The third-order valence-corrected chi connectivity index (χ3v) is 4.78. The standard InChI is InChI=1S/C13H13N5S2/c1-3-8-7-9-10(19-8)17-12(14-2)18-11(9)20-13-15-5-4-6-16-13/h4-7H,3H2,1-2H3,(H,14,17,18). The number of hydrogen-bond acceptors (Lipinski definition) is 7. The van der Waals surface area contributed by atoms with Crippen molar-refractivity contribution in [3.63, 3.8) is 0 Å². The van der Waals surface area contributed by atoms with E-state index in [1.807, 2.05) is 7.05 Å². The summed E-state index contributed by atoms with van der Waals surface area (Å²) >= 11 is 3.17. The van der Waals surface area contributed by atoms with Crippen LogP contribution in [0.25, 0.3) is 10.2 Å². The van der Waals surface area contributed by atoms with Crippen LogP contribution in [-0.2, 0) is 6.42 Å². The predicted octanol–water partition coefficient (Wildman–Crippen LogP) is 3.24. The number of aromatic nitrogens is 4. The molecule has 0 atom stereocenters. The molecule has 0 fully saturated rings. The molecule has 3 rings (SSSR count). The van der Waals surface area contributed by atoms with Crippen LogP contribution in [0.15, 0.2) is 34.7 Å². The highest BCUT2D eigenvalue weighted by Crippen LogP contribution is 2.34. The molecule has 3 aromatic rings. The molecule has 102 valence electrons. The van der Waals surface area contributed by atoms with E-state index in [0.29, 0.717) is 11.1 Å². The molecule has 0 aromatic carbocycles. The first-order valence-electron chi connectivity index (χ1n) is 6.23. The Morgan fingerprint density at radius 1 is 1.25 bits per heavy atom. The molecule has 1 N–H and O–H groups in total. The SMILES string of the molecule is CCc1cc2c(Sc3ncccn3)nc(NC)nc2s1. The average Bonchev–Trinajstić information content (AvgIpc) is 2.91. The topological polar surface area (TPSA) is 63.6 Å². The van der Waals surface area contributed by atoms with Gasteiger partial charge in [0.25, 0.3) is 0 Å². The highest BCUT2D eigenvalue weighted by molar-refractivity contribution is 7.99. The zero-order chi connectivity index (χ0) is 13.9. The second-order valence-electron chi connectivity index (χ2n) is 4.02. The van der Waals surface area contributed by atoms with Gasteiger partial charge in [-0.2, -0.15) is 0 Å². The predicted molar refractivity (Wildman–Crippen MR) is 82.5 cm³/mol. The molecule has 3 aromatic heterocycles. The zero-order valence-corrected chi connectivity index (χ0v) is 12.8. The van der Waals surface area contributed by atoms with Crippen molar-refractivity contribution in [3.8, 4) is 0 Å². The van der Waals surface area contributed by atoms with Crippen LogP contribution in [0, 0.1) is 0 Å². The molecule has 0 radical (unpaired) electrons. The lowest BCUT2D eigenvalue weighted by molar-refractivity contribution is 0.961. The van der Waals surface area contributed by atoms with E-state index in [-0.39, 0.29) is 0 Å². The Morgan fingerprint density at radius 2 is 2.05 bits per heavy atom. The summed E-state index contributed by atoms with van der Waals surface area (Å²) in [5.41, 5.74) is 0. The summed E-state index contributed by atoms with van der Waals surface area (Å²) in [7, 11) is 1.82. The van der Waals surface area contributed by atoms with Crippen LogP contribution in [0.2, 0.25) is 0 Å². The molecule has 5 nitrogen and oxygen atoms in total. The van der Waals surface area contributed by atoms with Gasteiger partial charge < -0.3 is 5.32 Å². The van der Waals surface area contributed by atoms with Gasteiger partial charge in [0.2, 0.25) is 5.95 Å².